The lowest BCUT2D eigenvalue weighted by molar-refractivity contribution is -0.0979. The normalized spacial score (nSPS) is 53.4. The third-order valence-electron chi connectivity index (χ3n) is 4.41. The molecule has 0 aliphatic heterocycles. The molecule has 0 aromatic rings. The molecular weight excluding hydrogens is 131 g/mol. The van der Waals surface area contributed by atoms with Crippen LogP contribution >= 0.6 is 0 Å². The van der Waals surface area contributed by atoms with Crippen molar-refractivity contribution in [3.63, 3.8) is 0 Å². The molecule has 0 amide bonds. The zero-order valence-corrected chi connectivity index (χ0v) is 7.80. The molecule has 60 valence electrons. The third-order valence-corrected chi connectivity index (χ3v) is 4.41. The molecule has 0 saturated heterocycles. The van der Waals surface area contributed by atoms with Crippen LogP contribution in [0.5, 0.6) is 0 Å². The van der Waals surface area contributed by atoms with Crippen molar-refractivity contribution >= 4 is 7.85 Å². The standard InChI is InChI=1S/C10H17B/c1-6-8-4-7(5-9(6)11)10(8,2)3/h6-9H,4-5H2,1-3H3/t6-,7?,8?,9-/m0/s1. The van der Waals surface area contributed by atoms with Gasteiger partial charge in [0.15, 0.2) is 0 Å². The highest BCUT2D eigenvalue weighted by atomic mass is 14.6. The highest BCUT2D eigenvalue weighted by Gasteiger charge is 2.54. The zero-order valence-electron chi connectivity index (χ0n) is 7.80. The number of fused-ring (bicyclic) bond motifs is 2. The maximum atomic E-state index is 6.02. The van der Waals surface area contributed by atoms with Crippen LogP contribution in [-0.4, -0.2) is 7.85 Å². The smallest absolute Gasteiger partial charge is 0.0703 e. The van der Waals surface area contributed by atoms with Gasteiger partial charge in [-0.25, -0.2) is 0 Å². The molecule has 3 rings (SSSR count). The van der Waals surface area contributed by atoms with Gasteiger partial charge in [-0.3, -0.25) is 0 Å². The molecule has 3 saturated carbocycles. The molecule has 0 spiro atoms. The summed E-state index contributed by atoms with van der Waals surface area (Å²) in [6, 6.07) is 0. The van der Waals surface area contributed by atoms with Crippen molar-refractivity contribution < 1.29 is 0 Å². The second-order valence-electron chi connectivity index (χ2n) is 5.12. The van der Waals surface area contributed by atoms with Gasteiger partial charge in [0.1, 0.15) is 0 Å². The van der Waals surface area contributed by atoms with E-state index < -0.39 is 0 Å². The molecule has 0 heterocycles. The summed E-state index contributed by atoms with van der Waals surface area (Å²) in [5.74, 6) is 3.09. The van der Waals surface area contributed by atoms with Gasteiger partial charge in [0.05, 0.1) is 7.85 Å². The molecule has 2 radical (unpaired) electrons. The lowest BCUT2D eigenvalue weighted by Crippen LogP contribution is -2.53. The summed E-state index contributed by atoms with van der Waals surface area (Å²) in [7, 11) is 6.02. The highest BCUT2D eigenvalue weighted by molar-refractivity contribution is 6.12. The SMILES string of the molecule is [B][C@H]1CC2CC([C@@H]1C)C2(C)C. The van der Waals surface area contributed by atoms with E-state index in [2.05, 4.69) is 20.8 Å². The minimum absolute atomic E-state index is 0.492. The fourth-order valence-electron chi connectivity index (χ4n) is 3.19. The Morgan fingerprint density at radius 1 is 1.27 bits per heavy atom. The minimum Gasteiger partial charge on any atom is -0.0743 e. The summed E-state index contributed by atoms with van der Waals surface area (Å²) in [6.07, 6.45) is 2.71. The van der Waals surface area contributed by atoms with Crippen LogP contribution < -0.4 is 0 Å². The number of hydrogen-bond donors (Lipinski definition) is 0. The molecule has 3 aliphatic carbocycles. The summed E-state index contributed by atoms with van der Waals surface area (Å²) in [5.41, 5.74) is 0.606. The van der Waals surface area contributed by atoms with Gasteiger partial charge in [0.2, 0.25) is 0 Å². The van der Waals surface area contributed by atoms with Gasteiger partial charge in [-0.1, -0.05) is 33.0 Å². The topological polar surface area (TPSA) is 0 Å². The number of rotatable bonds is 0. The first-order valence-electron chi connectivity index (χ1n) is 4.79. The van der Waals surface area contributed by atoms with E-state index in [-0.39, 0.29) is 0 Å². The van der Waals surface area contributed by atoms with Crippen molar-refractivity contribution in [1.29, 1.82) is 0 Å². The molecule has 2 unspecified atom stereocenters. The van der Waals surface area contributed by atoms with Crippen LogP contribution in [0.4, 0.5) is 0 Å². The van der Waals surface area contributed by atoms with E-state index in [4.69, 9.17) is 7.85 Å². The molecule has 0 aromatic carbocycles. The van der Waals surface area contributed by atoms with Crippen LogP contribution in [-0.2, 0) is 0 Å². The summed E-state index contributed by atoms with van der Waals surface area (Å²) in [5, 5.41) is 0. The molecular formula is C10H17B. The van der Waals surface area contributed by atoms with E-state index in [9.17, 15) is 0 Å². The Balaban J connectivity index is 2.17. The van der Waals surface area contributed by atoms with Crippen molar-refractivity contribution in [2.45, 2.75) is 39.4 Å². The van der Waals surface area contributed by atoms with Gasteiger partial charge in [0, 0.05) is 0 Å². The number of hydrogen-bond acceptors (Lipinski definition) is 0. The van der Waals surface area contributed by atoms with Crippen molar-refractivity contribution in [3.05, 3.63) is 0 Å². The second kappa shape index (κ2) is 2.05. The summed E-state index contributed by atoms with van der Waals surface area (Å²) < 4.78 is 0. The Hall–Kier alpha value is 0.0649. The Morgan fingerprint density at radius 2 is 1.91 bits per heavy atom. The first-order chi connectivity index (χ1) is 5.03. The van der Waals surface area contributed by atoms with Crippen molar-refractivity contribution in [2.75, 3.05) is 0 Å². The predicted octanol–water partition coefficient (Wildman–Crippen LogP) is 2.65. The zero-order chi connectivity index (χ0) is 8.22. The monoisotopic (exact) mass is 148 g/mol. The minimum atomic E-state index is 0.492. The van der Waals surface area contributed by atoms with Crippen LogP contribution in [0, 0.1) is 23.2 Å². The maximum absolute atomic E-state index is 6.02. The quantitative estimate of drug-likeness (QED) is 0.463. The fraction of sp³-hybridized carbons (Fsp3) is 1.00. The third kappa shape index (κ3) is 0.831. The van der Waals surface area contributed by atoms with Gasteiger partial charge < -0.3 is 0 Å². The van der Waals surface area contributed by atoms with E-state index in [1.165, 1.54) is 12.8 Å². The second-order valence-corrected chi connectivity index (χ2v) is 5.12. The Labute approximate surface area is 71.2 Å². The highest BCUT2D eigenvalue weighted by Crippen LogP contribution is 2.63. The molecule has 11 heavy (non-hydrogen) atoms. The molecule has 0 nitrogen and oxygen atoms in total. The van der Waals surface area contributed by atoms with E-state index in [0.717, 1.165) is 17.8 Å². The van der Waals surface area contributed by atoms with Crippen LogP contribution in [0.15, 0.2) is 0 Å². The van der Waals surface area contributed by atoms with Gasteiger partial charge in [0.25, 0.3) is 0 Å². The van der Waals surface area contributed by atoms with Gasteiger partial charge in [-0.05, 0) is 29.6 Å². The first kappa shape index (κ1) is 7.70. The average Bonchev–Trinajstić information content (AvgIpc) is 1.93. The van der Waals surface area contributed by atoms with Gasteiger partial charge >= 0.3 is 0 Å². The lowest BCUT2D eigenvalue weighted by Gasteiger charge is -2.62. The van der Waals surface area contributed by atoms with Gasteiger partial charge in [-0.2, -0.15) is 0 Å². The average molecular weight is 148 g/mol. The van der Waals surface area contributed by atoms with Crippen molar-refractivity contribution in [3.8, 4) is 0 Å². The van der Waals surface area contributed by atoms with Crippen molar-refractivity contribution in [1.82, 2.24) is 0 Å². The van der Waals surface area contributed by atoms with Gasteiger partial charge in [-0.15, -0.1) is 0 Å². The Kier molecular flexibility index (Phi) is 1.44. The summed E-state index contributed by atoms with van der Waals surface area (Å²) in [4.78, 5) is 0. The molecule has 3 aliphatic rings. The summed E-state index contributed by atoms with van der Waals surface area (Å²) >= 11 is 0. The lowest BCUT2D eigenvalue weighted by atomic mass is 9.41. The van der Waals surface area contributed by atoms with Crippen molar-refractivity contribution in [2.24, 2.45) is 23.2 Å². The molecule has 3 fully saturated rings. The van der Waals surface area contributed by atoms with E-state index in [1.54, 1.807) is 0 Å². The predicted molar refractivity (Wildman–Crippen MR) is 48.7 cm³/mol. The molecule has 0 aromatic heterocycles. The Morgan fingerprint density at radius 3 is 2.27 bits per heavy atom. The fourth-order valence-corrected chi connectivity index (χ4v) is 3.19. The van der Waals surface area contributed by atoms with E-state index >= 15 is 0 Å². The molecule has 1 heteroatoms. The maximum Gasteiger partial charge on any atom is 0.0703 e. The molecule has 0 N–H and O–H groups in total. The largest absolute Gasteiger partial charge is 0.0743 e. The molecule has 2 bridgehead atoms. The van der Waals surface area contributed by atoms with Crippen LogP contribution in [0.25, 0.3) is 0 Å². The van der Waals surface area contributed by atoms with E-state index in [1.807, 2.05) is 0 Å². The van der Waals surface area contributed by atoms with Crippen LogP contribution in [0.3, 0.4) is 0 Å². The van der Waals surface area contributed by atoms with E-state index in [0.29, 0.717) is 11.2 Å². The molecule has 4 atom stereocenters. The summed E-state index contributed by atoms with van der Waals surface area (Å²) in [6.45, 7) is 7.15. The van der Waals surface area contributed by atoms with Crippen LogP contribution in [0.2, 0.25) is 5.82 Å². The van der Waals surface area contributed by atoms with Crippen LogP contribution in [0.1, 0.15) is 33.6 Å². The first-order valence-corrected chi connectivity index (χ1v) is 4.79. The Bertz CT molecular complexity index is 174.